The number of hydrogen-bond acceptors (Lipinski definition) is 4. The van der Waals surface area contributed by atoms with Crippen molar-refractivity contribution in [3.05, 3.63) is 24.0 Å². The van der Waals surface area contributed by atoms with Gasteiger partial charge in [-0.1, -0.05) is 13.8 Å². The third-order valence-electron chi connectivity index (χ3n) is 3.66. The Hall–Kier alpha value is -1.13. The third-order valence-corrected chi connectivity index (χ3v) is 3.66. The first kappa shape index (κ1) is 13.9. The first-order valence-corrected chi connectivity index (χ1v) is 6.08. The number of aromatic nitrogens is 1. The number of nitrogen functional groups attached to an aromatic ring is 1. The van der Waals surface area contributed by atoms with Crippen LogP contribution in [-0.2, 0) is 11.2 Å². The zero-order valence-corrected chi connectivity index (χ0v) is 10.9. The molecule has 1 atom stereocenters. The number of pyridine rings is 1. The zero-order valence-electron chi connectivity index (χ0n) is 10.9. The van der Waals surface area contributed by atoms with Crippen LogP contribution in [0.1, 0.15) is 32.3 Å². The number of anilines is 1. The van der Waals surface area contributed by atoms with Crippen LogP contribution in [0.2, 0.25) is 0 Å². The summed E-state index contributed by atoms with van der Waals surface area (Å²) in [6, 6.07) is 1.73. The summed E-state index contributed by atoms with van der Waals surface area (Å²) in [5.74, 6) is 0. The molecular weight excluding hydrogens is 214 g/mol. The maximum absolute atomic E-state index is 6.28. The van der Waals surface area contributed by atoms with E-state index in [2.05, 4.69) is 18.8 Å². The van der Waals surface area contributed by atoms with Gasteiger partial charge in [-0.05, 0) is 30.9 Å². The van der Waals surface area contributed by atoms with Crippen LogP contribution in [-0.4, -0.2) is 23.7 Å². The molecule has 0 bridgehead atoms. The Balaban J connectivity index is 2.84. The molecule has 1 aromatic heterocycles. The second kappa shape index (κ2) is 5.98. The molecule has 0 aromatic carbocycles. The standard InChI is InChI=1S/C13H23N3O/c1-4-13(5-2,17-3)12(15)8-10-9-16-7-6-11(10)14/h6-7,9,12H,4-5,8,15H2,1-3H3,(H2,14,16). The molecule has 1 aromatic rings. The SMILES string of the molecule is CCC(CC)(OC)C(N)Cc1cnccc1N. The van der Waals surface area contributed by atoms with E-state index in [1.54, 1.807) is 25.6 Å². The monoisotopic (exact) mass is 237 g/mol. The lowest BCUT2D eigenvalue weighted by atomic mass is 9.85. The third kappa shape index (κ3) is 2.96. The quantitative estimate of drug-likeness (QED) is 0.790. The summed E-state index contributed by atoms with van der Waals surface area (Å²) in [6.07, 6.45) is 5.94. The molecule has 1 heterocycles. The molecule has 4 N–H and O–H groups in total. The summed E-state index contributed by atoms with van der Waals surface area (Å²) in [4.78, 5) is 4.08. The van der Waals surface area contributed by atoms with E-state index in [0.29, 0.717) is 6.42 Å². The topological polar surface area (TPSA) is 74.2 Å². The van der Waals surface area contributed by atoms with Crippen LogP contribution in [0.25, 0.3) is 0 Å². The molecule has 0 aliphatic heterocycles. The summed E-state index contributed by atoms with van der Waals surface area (Å²) >= 11 is 0. The number of rotatable bonds is 6. The van der Waals surface area contributed by atoms with Crippen molar-refractivity contribution in [3.63, 3.8) is 0 Å². The summed E-state index contributed by atoms with van der Waals surface area (Å²) in [5.41, 5.74) is 13.6. The van der Waals surface area contributed by atoms with Gasteiger partial charge in [-0.3, -0.25) is 4.98 Å². The van der Waals surface area contributed by atoms with Gasteiger partial charge >= 0.3 is 0 Å². The van der Waals surface area contributed by atoms with Crippen LogP contribution in [0.15, 0.2) is 18.5 Å². The first-order valence-electron chi connectivity index (χ1n) is 6.08. The summed E-state index contributed by atoms with van der Waals surface area (Å²) in [5, 5.41) is 0. The van der Waals surface area contributed by atoms with Gasteiger partial charge in [0.15, 0.2) is 0 Å². The van der Waals surface area contributed by atoms with Crippen molar-refractivity contribution in [2.75, 3.05) is 12.8 Å². The second-order valence-corrected chi connectivity index (χ2v) is 4.36. The van der Waals surface area contributed by atoms with Crippen molar-refractivity contribution in [1.29, 1.82) is 0 Å². The summed E-state index contributed by atoms with van der Waals surface area (Å²) in [6.45, 7) is 4.19. The fraction of sp³-hybridized carbons (Fsp3) is 0.615. The molecule has 0 saturated carbocycles. The number of nitrogens with zero attached hydrogens (tertiary/aromatic N) is 1. The predicted octanol–water partition coefficient (Wildman–Crippen LogP) is 1.74. The summed E-state index contributed by atoms with van der Waals surface area (Å²) < 4.78 is 5.62. The Morgan fingerprint density at radius 1 is 1.41 bits per heavy atom. The number of nitrogens with two attached hydrogens (primary N) is 2. The Bertz CT molecular complexity index is 342. The lowest BCUT2D eigenvalue weighted by Gasteiger charge is -2.36. The van der Waals surface area contributed by atoms with Crippen molar-refractivity contribution in [1.82, 2.24) is 4.98 Å². The Morgan fingerprint density at radius 3 is 2.53 bits per heavy atom. The van der Waals surface area contributed by atoms with E-state index < -0.39 is 0 Å². The molecule has 0 spiro atoms. The van der Waals surface area contributed by atoms with Crippen LogP contribution in [0, 0.1) is 0 Å². The van der Waals surface area contributed by atoms with Gasteiger partial charge in [-0.15, -0.1) is 0 Å². The van der Waals surface area contributed by atoms with Gasteiger partial charge in [0, 0.05) is 31.2 Å². The Kier molecular flexibility index (Phi) is 4.90. The first-order chi connectivity index (χ1) is 8.09. The molecule has 0 radical (unpaired) electrons. The molecule has 4 nitrogen and oxygen atoms in total. The van der Waals surface area contributed by atoms with Gasteiger partial charge in [0.25, 0.3) is 0 Å². The fourth-order valence-corrected chi connectivity index (χ4v) is 2.25. The van der Waals surface area contributed by atoms with Gasteiger partial charge in [0.1, 0.15) is 0 Å². The maximum atomic E-state index is 6.28. The minimum atomic E-state index is -0.276. The van der Waals surface area contributed by atoms with Crippen molar-refractivity contribution in [2.24, 2.45) is 5.73 Å². The minimum Gasteiger partial charge on any atom is -0.398 e. The van der Waals surface area contributed by atoms with E-state index in [9.17, 15) is 0 Å². The van der Waals surface area contributed by atoms with Gasteiger partial charge in [-0.2, -0.15) is 0 Å². The van der Waals surface area contributed by atoms with Gasteiger partial charge in [0.2, 0.25) is 0 Å². The van der Waals surface area contributed by atoms with Crippen LogP contribution < -0.4 is 11.5 Å². The molecule has 0 aliphatic carbocycles. The average Bonchev–Trinajstić information content (AvgIpc) is 2.35. The van der Waals surface area contributed by atoms with E-state index in [0.717, 1.165) is 24.1 Å². The Morgan fingerprint density at radius 2 is 2.06 bits per heavy atom. The highest BCUT2D eigenvalue weighted by atomic mass is 16.5. The van der Waals surface area contributed by atoms with Gasteiger partial charge in [0.05, 0.1) is 5.60 Å². The molecule has 1 unspecified atom stereocenters. The molecule has 0 aliphatic rings. The van der Waals surface area contributed by atoms with E-state index in [4.69, 9.17) is 16.2 Å². The van der Waals surface area contributed by atoms with E-state index in [1.165, 1.54) is 0 Å². The van der Waals surface area contributed by atoms with Gasteiger partial charge in [-0.25, -0.2) is 0 Å². The minimum absolute atomic E-state index is 0.0750. The summed E-state index contributed by atoms with van der Waals surface area (Å²) in [7, 11) is 1.72. The van der Waals surface area contributed by atoms with E-state index in [-0.39, 0.29) is 11.6 Å². The molecule has 0 saturated heterocycles. The highest BCUT2D eigenvalue weighted by Crippen LogP contribution is 2.26. The zero-order chi connectivity index (χ0) is 12.9. The molecule has 17 heavy (non-hydrogen) atoms. The normalized spacial score (nSPS) is 13.6. The van der Waals surface area contributed by atoms with Crippen molar-refractivity contribution in [2.45, 2.75) is 44.8 Å². The van der Waals surface area contributed by atoms with Gasteiger partial charge < -0.3 is 16.2 Å². The maximum Gasteiger partial charge on any atom is 0.0826 e. The molecule has 0 amide bonds. The number of hydrogen-bond donors (Lipinski definition) is 2. The van der Waals surface area contributed by atoms with Crippen LogP contribution in [0.3, 0.4) is 0 Å². The smallest absolute Gasteiger partial charge is 0.0826 e. The number of ether oxygens (including phenoxy) is 1. The van der Waals surface area contributed by atoms with Crippen LogP contribution in [0.5, 0.6) is 0 Å². The molecule has 1 rings (SSSR count). The predicted molar refractivity (Wildman–Crippen MR) is 70.7 cm³/mol. The van der Waals surface area contributed by atoms with Crippen LogP contribution >= 0.6 is 0 Å². The molecule has 0 fully saturated rings. The van der Waals surface area contributed by atoms with E-state index in [1.807, 2.05) is 0 Å². The second-order valence-electron chi connectivity index (χ2n) is 4.36. The van der Waals surface area contributed by atoms with E-state index >= 15 is 0 Å². The van der Waals surface area contributed by atoms with Crippen LogP contribution in [0.4, 0.5) is 5.69 Å². The highest BCUT2D eigenvalue weighted by Gasteiger charge is 2.33. The fourth-order valence-electron chi connectivity index (χ4n) is 2.25. The van der Waals surface area contributed by atoms with Crippen molar-refractivity contribution >= 4 is 5.69 Å². The Labute approximate surface area is 103 Å². The lowest BCUT2D eigenvalue weighted by molar-refractivity contribution is -0.0374. The van der Waals surface area contributed by atoms with Crippen molar-refractivity contribution in [3.8, 4) is 0 Å². The highest BCUT2D eigenvalue weighted by molar-refractivity contribution is 5.44. The lowest BCUT2D eigenvalue weighted by Crippen LogP contribution is -2.50. The molecule has 96 valence electrons. The molecule has 4 heteroatoms. The van der Waals surface area contributed by atoms with Crippen molar-refractivity contribution < 1.29 is 4.74 Å². The average molecular weight is 237 g/mol. The largest absolute Gasteiger partial charge is 0.398 e. The number of methoxy groups -OCH3 is 1. The molecular formula is C13H23N3O.